The van der Waals surface area contributed by atoms with E-state index in [1.165, 1.54) is 25.7 Å². The minimum atomic E-state index is 0.465. The predicted octanol–water partition coefficient (Wildman–Crippen LogP) is 2.34. The first-order valence-electron chi connectivity index (χ1n) is 8.44. The van der Waals surface area contributed by atoms with Gasteiger partial charge in [0.2, 0.25) is 5.95 Å². The predicted molar refractivity (Wildman–Crippen MR) is 86.4 cm³/mol. The minimum absolute atomic E-state index is 0.465. The van der Waals surface area contributed by atoms with Crippen LogP contribution < -0.4 is 10.6 Å². The van der Waals surface area contributed by atoms with Crippen LogP contribution >= 0.6 is 0 Å². The fraction of sp³-hybridized carbons (Fsp3) is 0.812. The molecular formula is C16H29N5. The fourth-order valence-corrected chi connectivity index (χ4v) is 3.45. The summed E-state index contributed by atoms with van der Waals surface area (Å²) in [5.74, 6) is 1.34. The van der Waals surface area contributed by atoms with Gasteiger partial charge in [-0.05, 0) is 45.1 Å². The Hall–Kier alpha value is -1.23. The molecule has 2 atom stereocenters. The van der Waals surface area contributed by atoms with Crippen LogP contribution in [-0.4, -0.2) is 34.3 Å². The summed E-state index contributed by atoms with van der Waals surface area (Å²) in [6, 6.07) is 0.465. The monoisotopic (exact) mass is 291 g/mol. The van der Waals surface area contributed by atoms with Crippen LogP contribution in [0.3, 0.4) is 0 Å². The average Bonchev–Trinajstić information content (AvgIpc) is 2.55. The molecule has 0 aliphatic heterocycles. The maximum Gasteiger partial charge on any atom is 0.245 e. The molecule has 1 aromatic heterocycles. The summed E-state index contributed by atoms with van der Waals surface area (Å²) in [5.41, 5.74) is 8.09. The van der Waals surface area contributed by atoms with Crippen molar-refractivity contribution in [3.05, 3.63) is 11.4 Å². The van der Waals surface area contributed by atoms with E-state index in [9.17, 15) is 0 Å². The van der Waals surface area contributed by atoms with Gasteiger partial charge in [0, 0.05) is 12.6 Å². The van der Waals surface area contributed by atoms with E-state index in [4.69, 9.17) is 10.7 Å². The molecule has 1 aromatic rings. The van der Waals surface area contributed by atoms with Gasteiger partial charge in [-0.1, -0.05) is 26.7 Å². The second-order valence-electron chi connectivity index (χ2n) is 5.85. The van der Waals surface area contributed by atoms with Crippen molar-refractivity contribution in [3.63, 3.8) is 0 Å². The molecule has 0 amide bonds. The van der Waals surface area contributed by atoms with Crippen molar-refractivity contribution in [3.8, 4) is 0 Å². The highest BCUT2D eigenvalue weighted by Gasteiger charge is 2.30. The van der Waals surface area contributed by atoms with Crippen molar-refractivity contribution in [2.75, 3.05) is 18.0 Å². The first-order valence-corrected chi connectivity index (χ1v) is 8.44. The van der Waals surface area contributed by atoms with Crippen LogP contribution in [0.4, 0.5) is 5.95 Å². The Morgan fingerprint density at radius 3 is 2.38 bits per heavy atom. The smallest absolute Gasteiger partial charge is 0.245 e. The van der Waals surface area contributed by atoms with Crippen LogP contribution in [0.15, 0.2) is 0 Å². The van der Waals surface area contributed by atoms with Gasteiger partial charge in [-0.3, -0.25) is 0 Å². The van der Waals surface area contributed by atoms with Gasteiger partial charge < -0.3 is 10.6 Å². The summed E-state index contributed by atoms with van der Waals surface area (Å²) in [4.78, 5) is 7.11. The second-order valence-corrected chi connectivity index (χ2v) is 5.85. The third-order valence-corrected chi connectivity index (χ3v) is 4.67. The molecule has 0 radical (unpaired) electrons. The molecule has 2 N–H and O–H groups in total. The Bertz CT molecular complexity index is 448. The van der Waals surface area contributed by atoms with Crippen molar-refractivity contribution in [2.45, 2.75) is 65.3 Å². The Morgan fingerprint density at radius 2 is 1.76 bits per heavy atom. The molecule has 1 heterocycles. The van der Waals surface area contributed by atoms with E-state index in [1.54, 1.807) is 0 Å². The normalized spacial score (nSPS) is 22.3. The summed E-state index contributed by atoms with van der Waals surface area (Å²) in [6.45, 7) is 8.07. The van der Waals surface area contributed by atoms with Crippen LogP contribution in [0.25, 0.3) is 0 Å². The van der Waals surface area contributed by atoms with E-state index < -0.39 is 0 Å². The maximum absolute atomic E-state index is 5.98. The Kier molecular flexibility index (Phi) is 5.91. The molecule has 5 heteroatoms. The van der Waals surface area contributed by atoms with Crippen LogP contribution in [0.5, 0.6) is 0 Å². The highest BCUT2D eigenvalue weighted by molar-refractivity contribution is 5.32. The first-order chi connectivity index (χ1) is 10.2. The van der Waals surface area contributed by atoms with Crippen molar-refractivity contribution in [2.24, 2.45) is 11.7 Å². The number of rotatable bonds is 6. The molecule has 118 valence electrons. The lowest BCUT2D eigenvalue weighted by molar-refractivity contribution is 0.298. The molecular weight excluding hydrogens is 262 g/mol. The lowest BCUT2D eigenvalue weighted by Crippen LogP contribution is -2.46. The van der Waals surface area contributed by atoms with Crippen LogP contribution in [0.2, 0.25) is 0 Å². The highest BCUT2D eigenvalue weighted by Crippen LogP contribution is 2.29. The third-order valence-electron chi connectivity index (χ3n) is 4.67. The Labute approximate surface area is 128 Å². The molecule has 0 aromatic carbocycles. The summed E-state index contributed by atoms with van der Waals surface area (Å²) in [7, 11) is 0. The number of hydrogen-bond acceptors (Lipinski definition) is 5. The zero-order chi connectivity index (χ0) is 15.2. The molecule has 0 saturated heterocycles. The standard InChI is InChI=1S/C16H29N5/c1-4-13-14(5-2)19-20-16(18-13)21(6-3)15-10-8-7-9-12(15)11-17/h12,15H,4-11,17H2,1-3H3. The van der Waals surface area contributed by atoms with E-state index >= 15 is 0 Å². The van der Waals surface area contributed by atoms with Gasteiger partial charge in [0.25, 0.3) is 0 Å². The topological polar surface area (TPSA) is 67.9 Å². The van der Waals surface area contributed by atoms with E-state index in [0.29, 0.717) is 12.0 Å². The molecule has 1 saturated carbocycles. The zero-order valence-electron chi connectivity index (χ0n) is 13.7. The van der Waals surface area contributed by atoms with Crippen molar-refractivity contribution < 1.29 is 0 Å². The van der Waals surface area contributed by atoms with Gasteiger partial charge in [-0.25, -0.2) is 4.98 Å². The van der Waals surface area contributed by atoms with Gasteiger partial charge in [0.05, 0.1) is 11.4 Å². The molecule has 5 nitrogen and oxygen atoms in total. The number of anilines is 1. The summed E-state index contributed by atoms with van der Waals surface area (Å²) >= 11 is 0. The summed E-state index contributed by atoms with van der Waals surface area (Å²) in [6.07, 6.45) is 6.79. The van der Waals surface area contributed by atoms with Gasteiger partial charge >= 0.3 is 0 Å². The molecule has 1 aliphatic rings. The quantitative estimate of drug-likeness (QED) is 0.871. The maximum atomic E-state index is 5.98. The lowest BCUT2D eigenvalue weighted by Gasteiger charge is -2.39. The number of aromatic nitrogens is 3. The van der Waals surface area contributed by atoms with Gasteiger partial charge in [-0.2, -0.15) is 5.10 Å². The molecule has 2 unspecified atom stereocenters. The molecule has 0 spiro atoms. The zero-order valence-corrected chi connectivity index (χ0v) is 13.7. The highest BCUT2D eigenvalue weighted by atomic mass is 15.3. The van der Waals surface area contributed by atoms with E-state index in [2.05, 4.69) is 35.9 Å². The SMILES string of the molecule is CCc1nnc(N(CC)C2CCCCC2CN)nc1CC. The molecule has 0 bridgehead atoms. The second kappa shape index (κ2) is 7.69. The summed E-state index contributed by atoms with van der Waals surface area (Å²) < 4.78 is 0. The van der Waals surface area contributed by atoms with Crippen LogP contribution in [-0.2, 0) is 12.8 Å². The molecule has 21 heavy (non-hydrogen) atoms. The fourth-order valence-electron chi connectivity index (χ4n) is 3.45. The van der Waals surface area contributed by atoms with Gasteiger partial charge in [0.1, 0.15) is 0 Å². The van der Waals surface area contributed by atoms with E-state index in [0.717, 1.165) is 43.3 Å². The average molecular weight is 291 g/mol. The number of aryl methyl sites for hydroxylation is 2. The van der Waals surface area contributed by atoms with Crippen molar-refractivity contribution in [1.82, 2.24) is 15.2 Å². The molecule has 1 fully saturated rings. The summed E-state index contributed by atoms with van der Waals surface area (Å²) in [5, 5.41) is 8.79. The lowest BCUT2D eigenvalue weighted by atomic mass is 9.83. The Balaban J connectivity index is 2.27. The third kappa shape index (κ3) is 3.51. The van der Waals surface area contributed by atoms with Gasteiger partial charge in [0.15, 0.2) is 0 Å². The largest absolute Gasteiger partial charge is 0.336 e. The first kappa shape index (κ1) is 16.1. The van der Waals surface area contributed by atoms with E-state index in [-0.39, 0.29) is 0 Å². The minimum Gasteiger partial charge on any atom is -0.336 e. The number of hydrogen-bond donors (Lipinski definition) is 1. The van der Waals surface area contributed by atoms with Gasteiger partial charge in [-0.15, -0.1) is 5.10 Å². The molecule has 1 aliphatic carbocycles. The number of nitrogens with zero attached hydrogens (tertiary/aromatic N) is 4. The number of nitrogens with two attached hydrogens (primary N) is 1. The van der Waals surface area contributed by atoms with Crippen LogP contribution in [0, 0.1) is 5.92 Å². The van der Waals surface area contributed by atoms with Crippen LogP contribution in [0.1, 0.15) is 57.8 Å². The van der Waals surface area contributed by atoms with Crippen molar-refractivity contribution in [1.29, 1.82) is 0 Å². The van der Waals surface area contributed by atoms with Crippen molar-refractivity contribution >= 4 is 5.95 Å². The Morgan fingerprint density at radius 1 is 1.05 bits per heavy atom. The van der Waals surface area contributed by atoms with E-state index in [1.807, 2.05) is 0 Å². The molecule has 2 rings (SSSR count).